The first kappa shape index (κ1) is 16.6. The summed E-state index contributed by atoms with van der Waals surface area (Å²) in [6.45, 7) is 2.60. The number of benzene rings is 2. The first-order valence-corrected chi connectivity index (χ1v) is 8.20. The van der Waals surface area contributed by atoms with Crippen LogP contribution in [0.2, 0.25) is 0 Å². The monoisotopic (exact) mass is 332 g/mol. The van der Waals surface area contributed by atoms with Crippen molar-refractivity contribution in [3.63, 3.8) is 0 Å². The van der Waals surface area contributed by atoms with Crippen LogP contribution in [0.15, 0.2) is 66.7 Å². The van der Waals surface area contributed by atoms with Crippen LogP contribution in [0.5, 0.6) is 0 Å². The van der Waals surface area contributed by atoms with Gasteiger partial charge in [-0.3, -0.25) is 4.79 Å². The van der Waals surface area contributed by atoms with Gasteiger partial charge in [0.05, 0.1) is 0 Å². The van der Waals surface area contributed by atoms with Crippen molar-refractivity contribution in [2.75, 3.05) is 11.9 Å². The van der Waals surface area contributed by atoms with Gasteiger partial charge in [-0.15, -0.1) is 10.2 Å². The number of rotatable bonds is 6. The van der Waals surface area contributed by atoms with E-state index >= 15 is 0 Å². The molecule has 0 fully saturated rings. The Kier molecular flexibility index (Phi) is 5.36. The van der Waals surface area contributed by atoms with Crippen molar-refractivity contribution in [3.05, 3.63) is 83.6 Å². The number of hydrogen-bond acceptors (Lipinski definition) is 4. The highest BCUT2D eigenvalue weighted by Crippen LogP contribution is 2.14. The fourth-order valence-corrected chi connectivity index (χ4v) is 2.36. The number of nitrogens with zero attached hydrogens (tertiary/aromatic N) is 2. The van der Waals surface area contributed by atoms with Crippen molar-refractivity contribution >= 4 is 17.4 Å². The van der Waals surface area contributed by atoms with E-state index in [0.29, 0.717) is 18.1 Å². The fraction of sp³-hybridized carbons (Fsp3) is 0.150. The molecule has 3 aromatic rings. The van der Waals surface area contributed by atoms with Gasteiger partial charge in [0.1, 0.15) is 0 Å². The van der Waals surface area contributed by atoms with E-state index < -0.39 is 0 Å². The molecule has 2 aromatic carbocycles. The third kappa shape index (κ3) is 4.88. The minimum absolute atomic E-state index is 0.217. The van der Waals surface area contributed by atoms with Crippen LogP contribution < -0.4 is 10.6 Å². The van der Waals surface area contributed by atoms with E-state index in [1.807, 2.05) is 61.5 Å². The van der Waals surface area contributed by atoms with Crippen molar-refractivity contribution in [2.24, 2.45) is 0 Å². The minimum atomic E-state index is -0.217. The van der Waals surface area contributed by atoms with Gasteiger partial charge >= 0.3 is 0 Å². The molecule has 0 unspecified atom stereocenters. The Hall–Kier alpha value is -3.21. The molecule has 0 saturated carbocycles. The second-order valence-corrected chi connectivity index (χ2v) is 5.79. The maximum absolute atomic E-state index is 12.1. The summed E-state index contributed by atoms with van der Waals surface area (Å²) in [4.78, 5) is 12.1. The van der Waals surface area contributed by atoms with Gasteiger partial charge in [0.15, 0.2) is 11.5 Å². The highest BCUT2D eigenvalue weighted by molar-refractivity contribution is 5.92. The van der Waals surface area contributed by atoms with E-state index in [1.54, 1.807) is 12.1 Å². The van der Waals surface area contributed by atoms with Gasteiger partial charge in [-0.1, -0.05) is 48.0 Å². The summed E-state index contributed by atoms with van der Waals surface area (Å²) < 4.78 is 0. The second-order valence-electron chi connectivity index (χ2n) is 5.79. The maximum atomic E-state index is 12.1. The number of hydrogen-bond donors (Lipinski definition) is 2. The minimum Gasteiger partial charge on any atom is -0.350 e. The van der Waals surface area contributed by atoms with Crippen LogP contribution in [0.25, 0.3) is 0 Å². The average molecular weight is 332 g/mol. The highest BCUT2D eigenvalue weighted by Gasteiger charge is 2.07. The van der Waals surface area contributed by atoms with Crippen LogP contribution in [0.1, 0.15) is 21.6 Å². The SMILES string of the molecule is Cc1ccc(Nc2ccc(C(=O)NCCc3ccccc3)nn2)cc1. The molecule has 0 aliphatic carbocycles. The van der Waals surface area contributed by atoms with Crippen LogP contribution in [-0.2, 0) is 6.42 Å². The zero-order chi connectivity index (χ0) is 17.5. The van der Waals surface area contributed by atoms with Crippen LogP contribution in [0, 0.1) is 6.92 Å². The molecule has 2 N–H and O–H groups in total. The zero-order valence-corrected chi connectivity index (χ0v) is 14.1. The van der Waals surface area contributed by atoms with Gasteiger partial charge < -0.3 is 10.6 Å². The van der Waals surface area contributed by atoms with Crippen LogP contribution >= 0.6 is 0 Å². The van der Waals surface area contributed by atoms with E-state index in [0.717, 1.165) is 12.1 Å². The molecule has 1 amide bonds. The summed E-state index contributed by atoms with van der Waals surface area (Å²) in [5.74, 6) is 0.384. The molecule has 0 radical (unpaired) electrons. The second kappa shape index (κ2) is 8.06. The number of aryl methyl sites for hydroxylation is 1. The predicted octanol–water partition coefficient (Wildman–Crippen LogP) is 3.50. The van der Waals surface area contributed by atoms with E-state index in [-0.39, 0.29) is 5.91 Å². The van der Waals surface area contributed by atoms with Gasteiger partial charge in [0.25, 0.3) is 5.91 Å². The average Bonchev–Trinajstić information content (AvgIpc) is 2.65. The fourth-order valence-electron chi connectivity index (χ4n) is 2.36. The summed E-state index contributed by atoms with van der Waals surface area (Å²) in [5, 5.41) is 14.1. The quantitative estimate of drug-likeness (QED) is 0.725. The largest absolute Gasteiger partial charge is 0.350 e. The van der Waals surface area contributed by atoms with Gasteiger partial charge in [0, 0.05) is 12.2 Å². The molecule has 25 heavy (non-hydrogen) atoms. The lowest BCUT2D eigenvalue weighted by Gasteiger charge is -2.07. The summed E-state index contributed by atoms with van der Waals surface area (Å²) in [6.07, 6.45) is 0.785. The predicted molar refractivity (Wildman–Crippen MR) is 99.0 cm³/mol. The number of amides is 1. The van der Waals surface area contributed by atoms with Crippen molar-refractivity contribution in [1.82, 2.24) is 15.5 Å². The molecule has 126 valence electrons. The highest BCUT2D eigenvalue weighted by atomic mass is 16.1. The molecule has 0 atom stereocenters. The molecule has 1 aromatic heterocycles. The summed E-state index contributed by atoms with van der Waals surface area (Å²) in [5.41, 5.74) is 3.62. The Morgan fingerprint density at radius 3 is 2.36 bits per heavy atom. The third-order valence-corrected chi connectivity index (χ3v) is 3.76. The molecule has 0 aliphatic heterocycles. The van der Waals surface area contributed by atoms with Crippen molar-refractivity contribution in [2.45, 2.75) is 13.3 Å². The summed E-state index contributed by atoms with van der Waals surface area (Å²) in [6, 6.07) is 21.4. The molecule has 0 spiro atoms. The lowest BCUT2D eigenvalue weighted by molar-refractivity contribution is 0.0948. The molecular formula is C20H20N4O. The molecule has 1 heterocycles. The van der Waals surface area contributed by atoms with Gasteiger partial charge in [-0.2, -0.15) is 0 Å². The molecule has 0 bridgehead atoms. The van der Waals surface area contributed by atoms with Gasteiger partial charge in [-0.05, 0) is 43.2 Å². The first-order valence-electron chi connectivity index (χ1n) is 8.20. The van der Waals surface area contributed by atoms with E-state index in [2.05, 4.69) is 20.8 Å². The Morgan fingerprint density at radius 1 is 0.920 bits per heavy atom. The zero-order valence-electron chi connectivity index (χ0n) is 14.1. The van der Waals surface area contributed by atoms with E-state index in [4.69, 9.17) is 0 Å². The van der Waals surface area contributed by atoms with E-state index in [9.17, 15) is 4.79 Å². The molecule has 3 rings (SSSR count). The molecule has 0 aliphatic rings. The molecule has 5 heteroatoms. The van der Waals surface area contributed by atoms with Crippen LogP contribution in [0.4, 0.5) is 11.5 Å². The topological polar surface area (TPSA) is 66.9 Å². The Labute approximate surface area is 147 Å². The smallest absolute Gasteiger partial charge is 0.271 e. The molecule has 5 nitrogen and oxygen atoms in total. The van der Waals surface area contributed by atoms with Crippen molar-refractivity contribution in [1.29, 1.82) is 0 Å². The summed E-state index contributed by atoms with van der Waals surface area (Å²) in [7, 11) is 0. The maximum Gasteiger partial charge on any atom is 0.271 e. The van der Waals surface area contributed by atoms with Crippen LogP contribution in [0.3, 0.4) is 0 Å². The number of anilines is 2. The molecular weight excluding hydrogens is 312 g/mol. The number of carbonyl (C=O) groups is 1. The Balaban J connectivity index is 1.52. The van der Waals surface area contributed by atoms with E-state index in [1.165, 1.54) is 11.1 Å². The number of aromatic nitrogens is 2. The Bertz CT molecular complexity index is 815. The number of nitrogens with one attached hydrogen (secondary N) is 2. The summed E-state index contributed by atoms with van der Waals surface area (Å²) >= 11 is 0. The standard InChI is InChI=1S/C20H20N4O/c1-15-7-9-17(10-8-15)22-19-12-11-18(23-24-19)20(25)21-14-13-16-5-3-2-4-6-16/h2-12H,13-14H2,1H3,(H,21,25)(H,22,24). The number of carbonyl (C=O) groups excluding carboxylic acids is 1. The normalized spacial score (nSPS) is 10.3. The van der Waals surface area contributed by atoms with Crippen molar-refractivity contribution in [3.8, 4) is 0 Å². The lowest BCUT2D eigenvalue weighted by Crippen LogP contribution is -2.26. The molecule has 0 saturated heterocycles. The van der Waals surface area contributed by atoms with Crippen molar-refractivity contribution < 1.29 is 4.79 Å². The Morgan fingerprint density at radius 2 is 1.68 bits per heavy atom. The third-order valence-electron chi connectivity index (χ3n) is 3.76. The van der Waals surface area contributed by atoms with Gasteiger partial charge in [0.2, 0.25) is 0 Å². The first-order chi connectivity index (χ1) is 12.2. The van der Waals surface area contributed by atoms with Gasteiger partial charge in [-0.25, -0.2) is 0 Å². The lowest BCUT2D eigenvalue weighted by atomic mass is 10.1. The van der Waals surface area contributed by atoms with Crippen LogP contribution in [-0.4, -0.2) is 22.6 Å².